The predicted octanol–water partition coefficient (Wildman–Crippen LogP) is 5.72. The van der Waals surface area contributed by atoms with Gasteiger partial charge in [0, 0.05) is 38.3 Å². The van der Waals surface area contributed by atoms with Crippen molar-refractivity contribution in [2.75, 3.05) is 26.2 Å². The van der Waals surface area contributed by atoms with Gasteiger partial charge in [0.15, 0.2) is 0 Å². The van der Waals surface area contributed by atoms with Crippen LogP contribution in [-0.2, 0) is 36.0 Å². The second-order valence-electron chi connectivity index (χ2n) is 14.3. The number of amides is 3. The molecule has 1 aromatic heterocycles. The van der Waals surface area contributed by atoms with Gasteiger partial charge in [-0.05, 0) is 83.2 Å². The van der Waals surface area contributed by atoms with E-state index in [9.17, 15) is 32.7 Å². The fourth-order valence-corrected chi connectivity index (χ4v) is 6.55. The number of hydrogen-bond donors (Lipinski definition) is 3. The maximum atomic E-state index is 14.1. The normalized spacial score (nSPS) is 16.5. The van der Waals surface area contributed by atoms with E-state index < -0.39 is 47.0 Å². The highest BCUT2D eigenvalue weighted by Crippen LogP contribution is 2.46. The molecule has 3 amide bonds. The van der Waals surface area contributed by atoms with E-state index in [-0.39, 0.29) is 44.2 Å². The van der Waals surface area contributed by atoms with Crippen LogP contribution in [0.25, 0.3) is 0 Å². The lowest BCUT2D eigenvalue weighted by molar-refractivity contribution is -0.137. The SMILES string of the molecule is CCN(CC)C(=O)c1cc(C(=O)N[C@@H](Cc2ccccc2)[C@H](O)CNC2(c3cccc(C(F)(F)F)c3)CC2)n2c1CN(C(=O)OC(C)(C)C)CC2. The van der Waals surface area contributed by atoms with E-state index in [0.717, 1.165) is 17.7 Å². The lowest BCUT2D eigenvalue weighted by atomic mass is 9.98. The summed E-state index contributed by atoms with van der Waals surface area (Å²) >= 11 is 0. The highest BCUT2D eigenvalue weighted by Gasteiger charge is 2.45. The molecule has 13 heteroatoms. The van der Waals surface area contributed by atoms with Crippen LogP contribution in [0.5, 0.6) is 0 Å². The van der Waals surface area contributed by atoms with Gasteiger partial charge >= 0.3 is 12.3 Å². The van der Waals surface area contributed by atoms with Crippen molar-refractivity contribution in [2.24, 2.45) is 0 Å². The molecule has 2 aliphatic rings. The van der Waals surface area contributed by atoms with Crippen molar-refractivity contribution in [3.05, 3.63) is 94.3 Å². The summed E-state index contributed by atoms with van der Waals surface area (Å²) in [6.07, 6.45) is -4.62. The number of aromatic nitrogens is 1. The Kier molecular flexibility index (Phi) is 11.2. The van der Waals surface area contributed by atoms with Crippen LogP contribution in [0.2, 0.25) is 0 Å². The molecule has 2 aromatic carbocycles. The Hall–Kier alpha value is -4.36. The molecule has 0 spiro atoms. The van der Waals surface area contributed by atoms with Crippen LogP contribution in [0.1, 0.15) is 90.7 Å². The van der Waals surface area contributed by atoms with Crippen molar-refractivity contribution in [1.82, 2.24) is 25.0 Å². The number of hydrogen-bond acceptors (Lipinski definition) is 6. The molecule has 0 saturated heterocycles. The van der Waals surface area contributed by atoms with Gasteiger partial charge in [-0.15, -0.1) is 0 Å². The summed E-state index contributed by atoms with van der Waals surface area (Å²) in [7, 11) is 0. The quantitative estimate of drug-likeness (QED) is 0.222. The summed E-state index contributed by atoms with van der Waals surface area (Å²) in [5.41, 5.74) is 0.281. The molecule has 3 N–H and O–H groups in total. The zero-order chi connectivity index (χ0) is 37.1. The Balaban J connectivity index is 1.40. The van der Waals surface area contributed by atoms with Gasteiger partial charge in [-0.2, -0.15) is 13.2 Å². The number of nitrogens with zero attached hydrogens (tertiary/aromatic N) is 3. The predicted molar refractivity (Wildman–Crippen MR) is 186 cm³/mol. The highest BCUT2D eigenvalue weighted by atomic mass is 19.4. The summed E-state index contributed by atoms with van der Waals surface area (Å²) in [6.45, 7) is 10.6. The number of fused-ring (bicyclic) bond motifs is 1. The molecule has 2 heterocycles. The molecule has 51 heavy (non-hydrogen) atoms. The minimum atomic E-state index is -4.47. The monoisotopic (exact) mass is 711 g/mol. The maximum Gasteiger partial charge on any atom is 0.416 e. The van der Waals surface area contributed by atoms with Crippen molar-refractivity contribution >= 4 is 17.9 Å². The maximum absolute atomic E-state index is 14.1. The Morgan fingerprint density at radius 2 is 1.67 bits per heavy atom. The second-order valence-corrected chi connectivity index (χ2v) is 14.3. The van der Waals surface area contributed by atoms with E-state index >= 15 is 0 Å². The van der Waals surface area contributed by atoms with Crippen molar-refractivity contribution in [2.45, 2.75) is 96.4 Å². The van der Waals surface area contributed by atoms with Crippen LogP contribution < -0.4 is 10.6 Å². The average molecular weight is 712 g/mol. The molecule has 276 valence electrons. The van der Waals surface area contributed by atoms with Crippen LogP contribution >= 0.6 is 0 Å². The zero-order valence-electron chi connectivity index (χ0n) is 29.8. The van der Waals surface area contributed by atoms with Crippen molar-refractivity contribution in [1.29, 1.82) is 0 Å². The fourth-order valence-electron chi connectivity index (χ4n) is 6.55. The molecule has 3 aromatic rings. The number of aliphatic hydroxyl groups excluding tert-OH is 1. The van der Waals surface area contributed by atoms with Gasteiger partial charge in [0.2, 0.25) is 0 Å². The molecular weight excluding hydrogens is 663 g/mol. The summed E-state index contributed by atoms with van der Waals surface area (Å²) in [5.74, 6) is -0.761. The zero-order valence-corrected chi connectivity index (χ0v) is 29.8. The Bertz CT molecular complexity index is 1710. The number of ether oxygens (including phenoxy) is 1. The average Bonchev–Trinajstić information content (AvgIpc) is 3.79. The second kappa shape index (κ2) is 15.1. The van der Waals surface area contributed by atoms with Gasteiger partial charge in [0.05, 0.1) is 35.5 Å². The van der Waals surface area contributed by atoms with E-state index in [0.29, 0.717) is 42.8 Å². The molecule has 1 fully saturated rings. The number of nitrogens with one attached hydrogen (secondary N) is 2. The largest absolute Gasteiger partial charge is 0.444 e. The first kappa shape index (κ1) is 37.9. The molecule has 1 aliphatic carbocycles. The molecule has 1 saturated carbocycles. The van der Waals surface area contributed by atoms with Crippen LogP contribution in [0, 0.1) is 0 Å². The molecule has 2 atom stereocenters. The summed E-state index contributed by atoms with van der Waals surface area (Å²) in [4.78, 5) is 44.0. The molecule has 5 rings (SSSR count). The Morgan fingerprint density at radius 1 is 0.980 bits per heavy atom. The lowest BCUT2D eigenvalue weighted by Gasteiger charge is -2.32. The van der Waals surface area contributed by atoms with Gasteiger partial charge in [-0.1, -0.05) is 42.5 Å². The Labute approximate surface area is 296 Å². The number of carbonyl (C=O) groups excluding carboxylic acids is 3. The standard InChI is InChI=1S/C38H48F3N5O5/c1-6-44(7-2)34(49)28-22-30(46-19-18-45(24-31(28)46)35(50)51-36(3,4)5)33(48)43-29(20-25-12-9-8-10-13-25)32(47)23-42-37(16-17-37)26-14-11-15-27(21-26)38(39,40)41/h8-15,21-22,29,32,42,47H,6-7,16-20,23-24H2,1-5H3,(H,43,48)/t29-,32+/m0/s1. The van der Waals surface area contributed by atoms with Gasteiger partial charge in [-0.3, -0.25) is 9.59 Å². The highest BCUT2D eigenvalue weighted by molar-refractivity contribution is 6.01. The number of halogens is 3. The smallest absolute Gasteiger partial charge is 0.416 e. The third-order valence-electron chi connectivity index (χ3n) is 9.53. The van der Waals surface area contributed by atoms with Crippen LogP contribution in [-0.4, -0.2) is 81.3 Å². The number of rotatable bonds is 12. The fraction of sp³-hybridized carbons (Fsp3) is 0.500. The molecule has 0 unspecified atom stereocenters. The van der Waals surface area contributed by atoms with Crippen molar-refractivity contribution in [3.63, 3.8) is 0 Å². The number of carbonyl (C=O) groups is 3. The minimum absolute atomic E-state index is 0.0107. The van der Waals surface area contributed by atoms with E-state index in [2.05, 4.69) is 10.6 Å². The van der Waals surface area contributed by atoms with E-state index in [4.69, 9.17) is 4.74 Å². The van der Waals surface area contributed by atoms with E-state index in [1.807, 2.05) is 44.2 Å². The molecule has 10 nitrogen and oxygen atoms in total. The van der Waals surface area contributed by atoms with Gasteiger partial charge in [0.25, 0.3) is 11.8 Å². The molecule has 0 radical (unpaired) electrons. The number of aliphatic hydroxyl groups is 1. The van der Waals surface area contributed by atoms with Gasteiger partial charge < -0.3 is 34.8 Å². The summed E-state index contributed by atoms with van der Waals surface area (Å²) in [5, 5.41) is 17.9. The van der Waals surface area contributed by atoms with Crippen LogP contribution in [0.4, 0.5) is 18.0 Å². The van der Waals surface area contributed by atoms with Crippen molar-refractivity contribution in [3.8, 4) is 0 Å². The first-order chi connectivity index (χ1) is 24.0. The van der Waals surface area contributed by atoms with Gasteiger partial charge in [0.1, 0.15) is 11.3 Å². The van der Waals surface area contributed by atoms with Gasteiger partial charge in [-0.25, -0.2) is 4.79 Å². The Morgan fingerprint density at radius 3 is 2.27 bits per heavy atom. The third kappa shape index (κ3) is 8.93. The number of benzene rings is 2. The molecular formula is C38H48F3N5O5. The lowest BCUT2D eigenvalue weighted by Crippen LogP contribution is -2.50. The summed E-state index contributed by atoms with van der Waals surface area (Å²) < 4.78 is 47.7. The topological polar surface area (TPSA) is 116 Å². The minimum Gasteiger partial charge on any atom is -0.444 e. The van der Waals surface area contributed by atoms with Crippen molar-refractivity contribution < 1.29 is 37.4 Å². The van der Waals surface area contributed by atoms with Crippen LogP contribution in [0.15, 0.2) is 60.7 Å². The molecule has 1 aliphatic heterocycles. The van der Waals surface area contributed by atoms with E-state index in [1.165, 1.54) is 11.0 Å². The first-order valence-electron chi connectivity index (χ1n) is 17.5. The first-order valence-corrected chi connectivity index (χ1v) is 17.5. The number of alkyl halides is 3. The van der Waals surface area contributed by atoms with Crippen LogP contribution in [0.3, 0.4) is 0 Å². The molecule has 0 bridgehead atoms. The third-order valence-corrected chi connectivity index (χ3v) is 9.53. The van der Waals surface area contributed by atoms with E-state index in [1.54, 1.807) is 42.4 Å². The summed E-state index contributed by atoms with van der Waals surface area (Å²) in [6, 6.07) is 15.3.